The smallest absolute Gasteiger partial charge is 0.0426 e. The molecule has 2 rings (SSSR count). The Bertz CT molecular complexity index is 540. The molecule has 0 saturated carbocycles. The molecule has 0 amide bonds. The third-order valence-corrected chi connectivity index (χ3v) is 3.36. The number of anilines is 2. The first-order valence-corrected chi connectivity index (χ1v) is 6.81. The van der Waals surface area contributed by atoms with Crippen LogP contribution in [0, 0.1) is 6.92 Å². The third kappa shape index (κ3) is 3.90. The van der Waals surface area contributed by atoms with E-state index >= 15 is 0 Å². The molecule has 0 spiro atoms. The molecule has 0 radical (unpaired) electrons. The van der Waals surface area contributed by atoms with Gasteiger partial charge in [-0.25, -0.2) is 0 Å². The number of likely N-dealkylation sites (N-methyl/N-ethyl adjacent to an activating group) is 1. The van der Waals surface area contributed by atoms with Crippen LogP contribution in [0.2, 0.25) is 5.02 Å². The Kier molecular flexibility index (Phi) is 4.69. The number of halogens is 1. The van der Waals surface area contributed by atoms with E-state index in [0.717, 1.165) is 23.8 Å². The highest BCUT2D eigenvalue weighted by Gasteiger charge is 2.03. The van der Waals surface area contributed by atoms with Crippen LogP contribution >= 0.6 is 11.6 Å². The van der Waals surface area contributed by atoms with Gasteiger partial charge in [0.05, 0.1) is 0 Å². The number of nitrogens with one attached hydrogen (secondary N) is 1. The van der Waals surface area contributed by atoms with Crippen molar-refractivity contribution in [2.75, 3.05) is 30.4 Å². The first-order valence-electron chi connectivity index (χ1n) is 6.43. The summed E-state index contributed by atoms with van der Waals surface area (Å²) in [4.78, 5) is 2.26. The zero-order chi connectivity index (χ0) is 13.7. The van der Waals surface area contributed by atoms with Crippen molar-refractivity contribution in [3.8, 4) is 0 Å². The third-order valence-electron chi connectivity index (χ3n) is 3.13. The van der Waals surface area contributed by atoms with Gasteiger partial charge in [0.25, 0.3) is 0 Å². The van der Waals surface area contributed by atoms with E-state index in [2.05, 4.69) is 48.5 Å². The van der Waals surface area contributed by atoms with E-state index in [1.54, 1.807) is 0 Å². The molecule has 0 bridgehead atoms. The number of hydrogen-bond acceptors (Lipinski definition) is 2. The van der Waals surface area contributed by atoms with Crippen LogP contribution in [0.3, 0.4) is 0 Å². The van der Waals surface area contributed by atoms with Gasteiger partial charge in [-0.05, 0) is 36.8 Å². The maximum absolute atomic E-state index is 5.95. The summed E-state index contributed by atoms with van der Waals surface area (Å²) in [5, 5.41) is 4.14. The molecule has 0 aromatic heterocycles. The monoisotopic (exact) mass is 274 g/mol. The van der Waals surface area contributed by atoms with Gasteiger partial charge in [0, 0.05) is 36.5 Å². The van der Waals surface area contributed by atoms with Crippen LogP contribution in [-0.2, 0) is 0 Å². The van der Waals surface area contributed by atoms with Crippen molar-refractivity contribution in [2.45, 2.75) is 6.92 Å². The SMILES string of the molecule is Cc1ccccc1N(C)CCNc1cccc(Cl)c1. The fourth-order valence-electron chi connectivity index (χ4n) is 2.08. The van der Waals surface area contributed by atoms with Gasteiger partial charge in [-0.2, -0.15) is 0 Å². The molecule has 0 saturated heterocycles. The van der Waals surface area contributed by atoms with Crippen LogP contribution in [0.4, 0.5) is 11.4 Å². The average Bonchev–Trinajstić information content (AvgIpc) is 2.39. The van der Waals surface area contributed by atoms with Gasteiger partial charge in [0.15, 0.2) is 0 Å². The van der Waals surface area contributed by atoms with E-state index in [-0.39, 0.29) is 0 Å². The predicted molar refractivity (Wildman–Crippen MR) is 84.4 cm³/mol. The second kappa shape index (κ2) is 6.48. The Morgan fingerprint density at radius 1 is 1.11 bits per heavy atom. The normalized spacial score (nSPS) is 10.3. The number of benzene rings is 2. The number of para-hydroxylation sites is 1. The van der Waals surface area contributed by atoms with Crippen LogP contribution in [0.15, 0.2) is 48.5 Å². The van der Waals surface area contributed by atoms with Crippen molar-refractivity contribution in [1.29, 1.82) is 0 Å². The molecule has 0 atom stereocenters. The number of hydrogen-bond donors (Lipinski definition) is 1. The van der Waals surface area contributed by atoms with E-state index in [9.17, 15) is 0 Å². The molecule has 0 aliphatic carbocycles. The van der Waals surface area contributed by atoms with Gasteiger partial charge in [0.2, 0.25) is 0 Å². The molecule has 0 unspecified atom stereocenters. The summed E-state index contributed by atoms with van der Waals surface area (Å²) in [7, 11) is 2.11. The van der Waals surface area contributed by atoms with Crippen LogP contribution in [0.25, 0.3) is 0 Å². The van der Waals surface area contributed by atoms with Gasteiger partial charge in [-0.15, -0.1) is 0 Å². The molecule has 100 valence electrons. The largest absolute Gasteiger partial charge is 0.383 e. The van der Waals surface area contributed by atoms with Crippen LogP contribution in [-0.4, -0.2) is 20.1 Å². The summed E-state index contributed by atoms with van der Waals surface area (Å²) in [5.41, 5.74) is 3.63. The number of rotatable bonds is 5. The summed E-state index contributed by atoms with van der Waals surface area (Å²) in [6.07, 6.45) is 0. The summed E-state index contributed by atoms with van der Waals surface area (Å²) >= 11 is 5.95. The molecule has 2 nitrogen and oxygen atoms in total. The minimum absolute atomic E-state index is 0.761. The summed E-state index contributed by atoms with van der Waals surface area (Å²) in [5.74, 6) is 0. The van der Waals surface area contributed by atoms with Gasteiger partial charge in [0.1, 0.15) is 0 Å². The molecule has 0 fully saturated rings. The first kappa shape index (κ1) is 13.8. The van der Waals surface area contributed by atoms with Gasteiger partial charge in [-0.1, -0.05) is 35.9 Å². The molecule has 1 N–H and O–H groups in total. The van der Waals surface area contributed by atoms with Crippen LogP contribution in [0.5, 0.6) is 0 Å². The minimum Gasteiger partial charge on any atom is -0.383 e. The Morgan fingerprint density at radius 3 is 2.63 bits per heavy atom. The van der Waals surface area contributed by atoms with Gasteiger partial charge in [-0.3, -0.25) is 0 Å². The second-order valence-corrected chi connectivity index (χ2v) is 5.08. The summed E-state index contributed by atoms with van der Waals surface area (Å²) in [6, 6.07) is 16.2. The van der Waals surface area contributed by atoms with E-state index in [1.165, 1.54) is 11.3 Å². The Labute approximate surface area is 120 Å². The molecule has 0 aliphatic rings. The van der Waals surface area contributed by atoms with Crippen LogP contribution < -0.4 is 10.2 Å². The summed E-state index contributed by atoms with van der Waals surface area (Å²) < 4.78 is 0. The maximum Gasteiger partial charge on any atom is 0.0426 e. The highest BCUT2D eigenvalue weighted by Crippen LogP contribution is 2.18. The van der Waals surface area contributed by atoms with Crippen molar-refractivity contribution < 1.29 is 0 Å². The molecule has 2 aromatic rings. The first-order chi connectivity index (χ1) is 9.16. The zero-order valence-electron chi connectivity index (χ0n) is 11.4. The lowest BCUT2D eigenvalue weighted by Gasteiger charge is -2.21. The lowest BCUT2D eigenvalue weighted by Crippen LogP contribution is -2.25. The van der Waals surface area contributed by atoms with Crippen molar-refractivity contribution in [1.82, 2.24) is 0 Å². The second-order valence-electron chi connectivity index (χ2n) is 4.65. The summed E-state index contributed by atoms with van der Waals surface area (Å²) in [6.45, 7) is 3.96. The van der Waals surface area contributed by atoms with Crippen molar-refractivity contribution in [3.63, 3.8) is 0 Å². The lowest BCUT2D eigenvalue weighted by molar-refractivity contribution is 0.910. The molecule has 19 heavy (non-hydrogen) atoms. The molecule has 0 heterocycles. The van der Waals surface area contributed by atoms with Crippen molar-refractivity contribution in [2.24, 2.45) is 0 Å². The number of aryl methyl sites for hydroxylation is 1. The molecule has 2 aromatic carbocycles. The Hall–Kier alpha value is -1.67. The van der Waals surface area contributed by atoms with E-state index in [1.807, 2.05) is 24.3 Å². The van der Waals surface area contributed by atoms with Gasteiger partial charge >= 0.3 is 0 Å². The highest BCUT2D eigenvalue weighted by atomic mass is 35.5. The van der Waals surface area contributed by atoms with Gasteiger partial charge < -0.3 is 10.2 Å². The standard InChI is InChI=1S/C16H19ClN2/c1-13-6-3-4-9-16(13)19(2)11-10-18-15-8-5-7-14(17)12-15/h3-9,12,18H,10-11H2,1-2H3. The van der Waals surface area contributed by atoms with E-state index < -0.39 is 0 Å². The quantitative estimate of drug-likeness (QED) is 0.879. The van der Waals surface area contributed by atoms with Crippen LogP contribution in [0.1, 0.15) is 5.56 Å². The fraction of sp³-hybridized carbons (Fsp3) is 0.250. The fourth-order valence-corrected chi connectivity index (χ4v) is 2.27. The molecule has 3 heteroatoms. The Morgan fingerprint density at radius 2 is 1.89 bits per heavy atom. The Balaban J connectivity index is 1.88. The minimum atomic E-state index is 0.761. The van der Waals surface area contributed by atoms with E-state index in [4.69, 9.17) is 11.6 Å². The lowest BCUT2D eigenvalue weighted by atomic mass is 10.2. The molecular weight excluding hydrogens is 256 g/mol. The number of nitrogens with zero attached hydrogens (tertiary/aromatic N) is 1. The predicted octanol–water partition coefficient (Wildman–Crippen LogP) is 4.20. The molecule has 0 aliphatic heterocycles. The molecular formula is C16H19ClN2. The maximum atomic E-state index is 5.95. The topological polar surface area (TPSA) is 15.3 Å². The van der Waals surface area contributed by atoms with Crippen molar-refractivity contribution >= 4 is 23.0 Å². The van der Waals surface area contributed by atoms with E-state index in [0.29, 0.717) is 0 Å². The average molecular weight is 275 g/mol. The zero-order valence-corrected chi connectivity index (χ0v) is 12.1. The van der Waals surface area contributed by atoms with Crippen molar-refractivity contribution in [3.05, 3.63) is 59.1 Å². The highest BCUT2D eigenvalue weighted by molar-refractivity contribution is 6.30.